The van der Waals surface area contributed by atoms with Crippen molar-refractivity contribution in [2.45, 2.75) is 32.6 Å². The first-order chi connectivity index (χ1) is 11.7. The van der Waals surface area contributed by atoms with Crippen molar-refractivity contribution in [3.8, 4) is 0 Å². The molecule has 7 heteroatoms. The average molecular weight is 344 g/mol. The Balaban J connectivity index is 1.82. The second-order valence-corrected chi connectivity index (χ2v) is 5.92. The van der Waals surface area contributed by atoms with Gasteiger partial charge in [-0.1, -0.05) is 18.2 Å². The van der Waals surface area contributed by atoms with Crippen LogP contribution in [0.4, 0.5) is 16.4 Å². The van der Waals surface area contributed by atoms with E-state index in [1.54, 1.807) is 6.92 Å². The van der Waals surface area contributed by atoms with Gasteiger partial charge in [-0.05, 0) is 57.0 Å². The lowest BCUT2D eigenvalue weighted by atomic mass is 10.0. The van der Waals surface area contributed by atoms with Crippen LogP contribution in [0.1, 0.15) is 31.2 Å². The Bertz CT molecular complexity index is 743. The molecule has 0 aliphatic heterocycles. The maximum atomic E-state index is 12.3. The summed E-state index contributed by atoms with van der Waals surface area (Å²) in [6, 6.07) is 9.60. The van der Waals surface area contributed by atoms with Crippen molar-refractivity contribution < 1.29 is 9.53 Å². The van der Waals surface area contributed by atoms with E-state index >= 15 is 0 Å². The molecule has 0 fully saturated rings. The number of rotatable bonds is 3. The van der Waals surface area contributed by atoms with Crippen LogP contribution in [-0.2, 0) is 17.6 Å². The predicted molar refractivity (Wildman–Crippen MR) is 97.6 cm³/mol. The maximum Gasteiger partial charge on any atom is 0.421 e. The second-order valence-electron chi connectivity index (χ2n) is 5.52. The van der Waals surface area contributed by atoms with E-state index in [2.05, 4.69) is 15.6 Å². The molecular formula is C17H20N4O2S. The van der Waals surface area contributed by atoms with Crippen LogP contribution in [0.2, 0.25) is 0 Å². The standard InChI is InChI=1S/C17H20N4O2S/c1-2-23-17(22)21-14-11-7-6-10-13(14)19-15(21)20-16(24)18-12-8-4-3-5-9-12/h3-5,8-9H,2,6-7,10-11H2,1H3,(H2,18,19,20,24). The first-order valence-corrected chi connectivity index (χ1v) is 8.50. The molecular weight excluding hydrogens is 324 g/mol. The Kier molecular flexibility index (Phi) is 5.10. The molecule has 24 heavy (non-hydrogen) atoms. The molecule has 1 aliphatic carbocycles. The zero-order valence-electron chi connectivity index (χ0n) is 13.5. The number of para-hydroxylation sites is 1. The van der Waals surface area contributed by atoms with Gasteiger partial charge in [0.05, 0.1) is 18.0 Å². The van der Waals surface area contributed by atoms with Crippen molar-refractivity contribution in [1.29, 1.82) is 0 Å². The highest BCUT2D eigenvalue weighted by atomic mass is 32.1. The summed E-state index contributed by atoms with van der Waals surface area (Å²) in [6.45, 7) is 2.11. The first-order valence-electron chi connectivity index (χ1n) is 8.09. The van der Waals surface area contributed by atoms with Crippen molar-refractivity contribution in [3.63, 3.8) is 0 Å². The Morgan fingerprint density at radius 2 is 2.00 bits per heavy atom. The number of hydrogen-bond acceptors (Lipinski definition) is 4. The molecule has 0 bridgehead atoms. The summed E-state index contributed by atoms with van der Waals surface area (Å²) in [5, 5.41) is 6.49. The van der Waals surface area contributed by atoms with Gasteiger partial charge in [0, 0.05) is 5.69 Å². The van der Waals surface area contributed by atoms with Gasteiger partial charge >= 0.3 is 6.09 Å². The first kappa shape index (κ1) is 16.4. The third-order valence-corrected chi connectivity index (χ3v) is 4.04. The van der Waals surface area contributed by atoms with E-state index in [9.17, 15) is 4.79 Å². The molecule has 1 aliphatic rings. The highest BCUT2D eigenvalue weighted by Crippen LogP contribution is 2.25. The monoisotopic (exact) mass is 344 g/mol. The van der Waals surface area contributed by atoms with Crippen LogP contribution in [0, 0.1) is 0 Å². The molecule has 3 rings (SSSR count). The van der Waals surface area contributed by atoms with Gasteiger partial charge < -0.3 is 15.4 Å². The van der Waals surface area contributed by atoms with Crippen LogP contribution in [-0.4, -0.2) is 27.4 Å². The molecule has 0 atom stereocenters. The van der Waals surface area contributed by atoms with E-state index in [4.69, 9.17) is 17.0 Å². The van der Waals surface area contributed by atoms with Crippen LogP contribution in [0.3, 0.4) is 0 Å². The molecule has 0 saturated carbocycles. The van der Waals surface area contributed by atoms with Crippen LogP contribution < -0.4 is 10.6 Å². The Hall–Kier alpha value is -2.41. The summed E-state index contributed by atoms with van der Waals surface area (Å²) >= 11 is 5.34. The highest BCUT2D eigenvalue weighted by Gasteiger charge is 2.25. The lowest BCUT2D eigenvalue weighted by Gasteiger charge is -2.14. The number of thiocarbonyl (C=S) groups is 1. The van der Waals surface area contributed by atoms with E-state index in [1.165, 1.54) is 4.57 Å². The minimum absolute atomic E-state index is 0.317. The third-order valence-electron chi connectivity index (χ3n) is 3.84. The Labute approximate surface area is 146 Å². The minimum atomic E-state index is -0.418. The van der Waals surface area contributed by atoms with Crippen molar-refractivity contribution >= 4 is 35.1 Å². The fraction of sp³-hybridized carbons (Fsp3) is 0.353. The van der Waals surface area contributed by atoms with Gasteiger partial charge in [0.25, 0.3) is 0 Å². The van der Waals surface area contributed by atoms with E-state index in [-0.39, 0.29) is 0 Å². The fourth-order valence-corrected chi connectivity index (χ4v) is 3.00. The van der Waals surface area contributed by atoms with Crippen molar-refractivity contribution in [2.75, 3.05) is 17.2 Å². The van der Waals surface area contributed by atoms with Gasteiger partial charge in [0.1, 0.15) is 0 Å². The summed E-state index contributed by atoms with van der Waals surface area (Å²) in [5.41, 5.74) is 2.73. The number of aromatic nitrogens is 2. The number of fused-ring (bicyclic) bond motifs is 1. The number of hydrogen-bond donors (Lipinski definition) is 2. The van der Waals surface area contributed by atoms with Gasteiger partial charge in [-0.25, -0.2) is 14.3 Å². The number of benzene rings is 1. The van der Waals surface area contributed by atoms with Gasteiger partial charge in [-0.3, -0.25) is 0 Å². The molecule has 2 aromatic rings. The van der Waals surface area contributed by atoms with E-state index in [0.717, 1.165) is 42.8 Å². The van der Waals surface area contributed by atoms with Gasteiger partial charge in [0.15, 0.2) is 5.11 Å². The number of nitrogens with one attached hydrogen (secondary N) is 2. The number of carbonyl (C=O) groups is 1. The zero-order chi connectivity index (χ0) is 16.9. The Morgan fingerprint density at radius 3 is 2.75 bits per heavy atom. The van der Waals surface area contributed by atoms with E-state index < -0.39 is 6.09 Å². The molecule has 0 spiro atoms. The normalized spacial score (nSPS) is 13.0. The molecule has 0 saturated heterocycles. The minimum Gasteiger partial charge on any atom is -0.449 e. The molecule has 0 amide bonds. The number of anilines is 2. The summed E-state index contributed by atoms with van der Waals surface area (Å²) in [4.78, 5) is 16.9. The smallest absolute Gasteiger partial charge is 0.421 e. The molecule has 6 nitrogen and oxygen atoms in total. The number of ether oxygens (including phenoxy) is 1. The second kappa shape index (κ2) is 7.44. The molecule has 0 unspecified atom stereocenters. The molecule has 1 aromatic heterocycles. The van der Waals surface area contributed by atoms with Crippen LogP contribution in [0.25, 0.3) is 0 Å². The summed E-state index contributed by atoms with van der Waals surface area (Å²) in [5.74, 6) is 0.411. The largest absolute Gasteiger partial charge is 0.449 e. The molecule has 0 radical (unpaired) electrons. The van der Waals surface area contributed by atoms with Crippen LogP contribution in [0.15, 0.2) is 30.3 Å². The molecule has 126 valence electrons. The average Bonchev–Trinajstić information content (AvgIpc) is 2.93. The summed E-state index contributed by atoms with van der Waals surface area (Å²) in [6.07, 6.45) is 3.40. The zero-order valence-corrected chi connectivity index (χ0v) is 14.4. The maximum absolute atomic E-state index is 12.3. The van der Waals surface area contributed by atoms with Crippen molar-refractivity contribution in [1.82, 2.24) is 9.55 Å². The van der Waals surface area contributed by atoms with E-state index in [1.807, 2.05) is 30.3 Å². The van der Waals surface area contributed by atoms with Crippen LogP contribution >= 0.6 is 12.2 Å². The lowest BCUT2D eigenvalue weighted by Crippen LogP contribution is -2.25. The highest BCUT2D eigenvalue weighted by molar-refractivity contribution is 7.80. The van der Waals surface area contributed by atoms with Gasteiger partial charge in [0.2, 0.25) is 5.95 Å². The number of carbonyl (C=O) groups excluding carboxylic acids is 1. The predicted octanol–water partition coefficient (Wildman–Crippen LogP) is 3.58. The number of imidazole rings is 1. The van der Waals surface area contributed by atoms with Gasteiger partial charge in [-0.2, -0.15) is 0 Å². The molecule has 1 heterocycles. The SMILES string of the molecule is CCOC(=O)n1c(NC(=S)Nc2ccccc2)nc2c1CCCC2. The van der Waals surface area contributed by atoms with Crippen LogP contribution in [0.5, 0.6) is 0 Å². The Morgan fingerprint density at radius 1 is 1.25 bits per heavy atom. The molecule has 1 aromatic carbocycles. The van der Waals surface area contributed by atoms with E-state index in [0.29, 0.717) is 17.7 Å². The summed E-state index contributed by atoms with van der Waals surface area (Å²) in [7, 11) is 0. The van der Waals surface area contributed by atoms with Gasteiger partial charge in [-0.15, -0.1) is 0 Å². The number of nitrogens with zero attached hydrogens (tertiary/aromatic N) is 2. The summed E-state index contributed by atoms with van der Waals surface area (Å²) < 4.78 is 6.68. The fourth-order valence-electron chi connectivity index (χ4n) is 2.79. The lowest BCUT2D eigenvalue weighted by molar-refractivity contribution is 0.153. The van der Waals surface area contributed by atoms with Crippen molar-refractivity contribution in [3.05, 3.63) is 41.7 Å². The third kappa shape index (κ3) is 3.56. The van der Waals surface area contributed by atoms with Crippen molar-refractivity contribution in [2.24, 2.45) is 0 Å². The molecule has 2 N–H and O–H groups in total. The number of aryl methyl sites for hydroxylation is 1. The quantitative estimate of drug-likeness (QED) is 0.830. The topological polar surface area (TPSA) is 68.2 Å².